The van der Waals surface area contributed by atoms with Crippen molar-refractivity contribution >= 4 is 27.3 Å². The van der Waals surface area contributed by atoms with Gasteiger partial charge in [-0.05, 0) is 29.5 Å². The normalized spacial score (nSPS) is 22.4. The van der Waals surface area contributed by atoms with Gasteiger partial charge >= 0.3 is 0 Å². The smallest absolute Gasteiger partial charge is 0.243 e. The van der Waals surface area contributed by atoms with Crippen LogP contribution in [0.1, 0.15) is 0 Å². The molecule has 0 saturated carbocycles. The van der Waals surface area contributed by atoms with Crippen molar-refractivity contribution in [3.8, 4) is 11.4 Å². The van der Waals surface area contributed by atoms with Gasteiger partial charge in [-0.15, -0.1) is 21.8 Å². The highest BCUT2D eigenvalue weighted by atomic mass is 35.5. The average Bonchev–Trinajstić information content (AvgIpc) is 3.04. The fraction of sp³-hybridized carbons (Fsp3) is 0.385. The van der Waals surface area contributed by atoms with E-state index >= 15 is 0 Å². The lowest BCUT2D eigenvalue weighted by Crippen LogP contribution is -2.42. The molecule has 1 aliphatic rings. The Balaban J connectivity index is 1.62. The molecule has 2 atom stereocenters. The summed E-state index contributed by atoms with van der Waals surface area (Å²) >= 11 is 5.93. The average molecular weight is 374 g/mol. The zero-order chi connectivity index (χ0) is 17.3. The Morgan fingerprint density at radius 3 is 2.67 bits per heavy atom. The molecule has 2 heterocycles. The molecule has 0 bridgehead atoms. The molecular weight excluding hydrogens is 361 g/mol. The van der Waals surface area contributed by atoms with Gasteiger partial charge in [0, 0.05) is 5.56 Å². The number of carbonyl (C=O) groups is 1. The van der Waals surface area contributed by atoms with Gasteiger partial charge in [0.15, 0.2) is 9.84 Å². The fourth-order valence-electron chi connectivity index (χ4n) is 2.34. The van der Waals surface area contributed by atoms with Crippen LogP contribution in [0.5, 0.6) is 0 Å². The number of nitrogens with one attached hydrogen (secondary N) is 1. The van der Waals surface area contributed by atoms with Crippen molar-refractivity contribution in [3.05, 3.63) is 30.1 Å². The number of sulfone groups is 1. The number of amides is 1. The molecule has 8 nitrogen and oxygen atoms in total. The van der Waals surface area contributed by atoms with E-state index in [0.29, 0.717) is 5.56 Å². The number of rotatable bonds is 4. The second kappa shape index (κ2) is 6.44. The van der Waals surface area contributed by atoms with Crippen molar-refractivity contribution in [2.24, 2.45) is 0 Å². The van der Waals surface area contributed by atoms with Crippen LogP contribution in [0.4, 0.5) is 4.39 Å². The highest BCUT2D eigenvalue weighted by Crippen LogP contribution is 2.18. The number of aromatic nitrogens is 4. The number of tetrazole rings is 1. The predicted molar refractivity (Wildman–Crippen MR) is 83.4 cm³/mol. The van der Waals surface area contributed by atoms with E-state index in [0.717, 1.165) is 4.80 Å². The zero-order valence-electron chi connectivity index (χ0n) is 12.3. The number of alkyl halides is 1. The number of nitrogens with zero attached hydrogens (tertiary/aromatic N) is 4. The highest BCUT2D eigenvalue weighted by molar-refractivity contribution is 7.91. The first-order valence-electron chi connectivity index (χ1n) is 7.00. The van der Waals surface area contributed by atoms with Gasteiger partial charge in [0.25, 0.3) is 0 Å². The maximum absolute atomic E-state index is 12.9. The maximum Gasteiger partial charge on any atom is 0.243 e. The molecule has 0 aliphatic carbocycles. The van der Waals surface area contributed by atoms with E-state index in [9.17, 15) is 17.6 Å². The van der Waals surface area contributed by atoms with Crippen molar-refractivity contribution in [1.29, 1.82) is 0 Å². The third-order valence-corrected chi connectivity index (χ3v) is 5.85. The van der Waals surface area contributed by atoms with Crippen LogP contribution in [-0.4, -0.2) is 57.5 Å². The highest BCUT2D eigenvalue weighted by Gasteiger charge is 2.37. The van der Waals surface area contributed by atoms with Crippen LogP contribution in [0.3, 0.4) is 0 Å². The Kier molecular flexibility index (Phi) is 4.50. The lowest BCUT2D eigenvalue weighted by Gasteiger charge is -2.13. The van der Waals surface area contributed by atoms with Gasteiger partial charge in [-0.1, -0.05) is 0 Å². The number of benzene rings is 1. The molecule has 1 amide bonds. The van der Waals surface area contributed by atoms with E-state index in [-0.39, 0.29) is 29.7 Å². The van der Waals surface area contributed by atoms with Crippen molar-refractivity contribution in [1.82, 2.24) is 25.5 Å². The summed E-state index contributed by atoms with van der Waals surface area (Å²) in [6.45, 7) is -0.228. The van der Waals surface area contributed by atoms with E-state index in [1.54, 1.807) is 0 Å². The second-order valence-electron chi connectivity index (χ2n) is 5.42. The molecule has 0 spiro atoms. The van der Waals surface area contributed by atoms with Crippen LogP contribution in [-0.2, 0) is 21.2 Å². The minimum Gasteiger partial charge on any atom is -0.349 e. The quantitative estimate of drug-likeness (QED) is 0.756. The summed E-state index contributed by atoms with van der Waals surface area (Å²) in [4.78, 5) is 13.0. The topological polar surface area (TPSA) is 107 Å². The minimum absolute atomic E-state index is 0.157. The van der Waals surface area contributed by atoms with E-state index in [2.05, 4.69) is 20.7 Å². The zero-order valence-corrected chi connectivity index (χ0v) is 13.8. The van der Waals surface area contributed by atoms with Crippen molar-refractivity contribution in [3.63, 3.8) is 0 Å². The lowest BCUT2D eigenvalue weighted by molar-refractivity contribution is -0.122. The van der Waals surface area contributed by atoms with Gasteiger partial charge in [-0.25, -0.2) is 12.8 Å². The number of hydrogen-bond donors (Lipinski definition) is 1. The Labute approximate surface area is 141 Å². The molecule has 128 valence electrons. The molecular formula is C13H13ClFN5O3S. The SMILES string of the molecule is O=C(Cn1nnc(-c2ccc(F)cc2)n1)N[C@@H]1CS(=O)(=O)C[C@@H]1Cl. The van der Waals surface area contributed by atoms with Gasteiger partial charge in [0.1, 0.15) is 12.4 Å². The van der Waals surface area contributed by atoms with Crippen molar-refractivity contribution < 1.29 is 17.6 Å². The molecule has 2 aromatic rings. The van der Waals surface area contributed by atoms with E-state index < -0.39 is 27.2 Å². The molecule has 11 heteroatoms. The number of halogens is 2. The van der Waals surface area contributed by atoms with E-state index in [1.807, 2.05) is 0 Å². The van der Waals surface area contributed by atoms with Gasteiger partial charge in [0.05, 0.1) is 22.9 Å². The van der Waals surface area contributed by atoms with Crippen LogP contribution >= 0.6 is 11.6 Å². The summed E-state index contributed by atoms with van der Waals surface area (Å²) in [7, 11) is -3.23. The Bertz CT molecular complexity index is 855. The largest absolute Gasteiger partial charge is 0.349 e. The lowest BCUT2D eigenvalue weighted by atomic mass is 10.2. The summed E-state index contributed by atoms with van der Waals surface area (Å²) in [5, 5.41) is 13.5. The molecule has 1 aromatic carbocycles. The molecule has 0 unspecified atom stereocenters. The molecule has 3 rings (SSSR count). The van der Waals surface area contributed by atoms with Gasteiger partial charge < -0.3 is 5.32 Å². The Morgan fingerprint density at radius 2 is 2.04 bits per heavy atom. The van der Waals surface area contributed by atoms with E-state index in [4.69, 9.17) is 11.6 Å². The van der Waals surface area contributed by atoms with Gasteiger partial charge in [-0.3, -0.25) is 4.79 Å². The van der Waals surface area contributed by atoms with Crippen molar-refractivity contribution in [2.75, 3.05) is 11.5 Å². The van der Waals surface area contributed by atoms with Gasteiger partial charge in [-0.2, -0.15) is 4.80 Å². The second-order valence-corrected chi connectivity index (χ2v) is 8.13. The van der Waals surface area contributed by atoms with Crippen LogP contribution in [0.2, 0.25) is 0 Å². The predicted octanol–water partition coefficient (Wildman–Crippen LogP) is -0.000200. The van der Waals surface area contributed by atoms with E-state index in [1.165, 1.54) is 24.3 Å². The Hall–Kier alpha value is -2.07. The number of carbonyl (C=O) groups excluding carboxylic acids is 1. The van der Waals surface area contributed by atoms with Crippen LogP contribution in [0.25, 0.3) is 11.4 Å². The molecule has 24 heavy (non-hydrogen) atoms. The molecule has 0 radical (unpaired) electrons. The van der Waals surface area contributed by atoms with Gasteiger partial charge in [0.2, 0.25) is 11.7 Å². The van der Waals surface area contributed by atoms with Crippen LogP contribution in [0, 0.1) is 5.82 Å². The maximum atomic E-state index is 12.9. The first-order chi connectivity index (χ1) is 11.3. The third kappa shape index (κ3) is 3.88. The number of hydrogen-bond acceptors (Lipinski definition) is 6. The third-order valence-electron chi connectivity index (χ3n) is 3.47. The fourth-order valence-corrected chi connectivity index (χ4v) is 4.89. The summed E-state index contributed by atoms with van der Waals surface area (Å²) in [6, 6.07) is 4.90. The van der Waals surface area contributed by atoms with Crippen LogP contribution < -0.4 is 5.32 Å². The first kappa shape index (κ1) is 16.8. The molecule has 1 fully saturated rings. The molecule has 1 N–H and O–H groups in total. The minimum atomic E-state index is -3.23. The molecule has 1 aromatic heterocycles. The Morgan fingerprint density at radius 1 is 1.33 bits per heavy atom. The summed E-state index contributed by atoms with van der Waals surface area (Å²) in [5.74, 6) is -0.936. The van der Waals surface area contributed by atoms with Crippen molar-refractivity contribution in [2.45, 2.75) is 18.0 Å². The van der Waals surface area contributed by atoms with Crippen LogP contribution in [0.15, 0.2) is 24.3 Å². The molecule has 1 saturated heterocycles. The molecule has 1 aliphatic heterocycles. The standard InChI is InChI=1S/C13H13ClFN5O3S/c14-10-6-24(22,23)7-11(10)16-12(21)5-20-18-13(17-19-20)8-1-3-9(15)4-2-8/h1-4,10-11H,5-7H2,(H,16,21)/t10-,11+/m0/s1. The first-order valence-corrected chi connectivity index (χ1v) is 9.26. The summed E-state index contributed by atoms with van der Waals surface area (Å²) in [6.07, 6.45) is 0. The summed E-state index contributed by atoms with van der Waals surface area (Å²) in [5.41, 5.74) is 0.561. The summed E-state index contributed by atoms with van der Waals surface area (Å²) < 4.78 is 35.8. The monoisotopic (exact) mass is 373 g/mol.